The van der Waals surface area contributed by atoms with E-state index in [1.165, 1.54) is 5.39 Å². The predicted octanol–water partition coefficient (Wildman–Crippen LogP) is 3.36. The van der Waals surface area contributed by atoms with Crippen LogP contribution in [0.1, 0.15) is 32.3 Å². The van der Waals surface area contributed by atoms with Crippen molar-refractivity contribution in [1.29, 1.82) is 0 Å². The van der Waals surface area contributed by atoms with Crippen molar-refractivity contribution in [3.05, 3.63) is 36.0 Å². The van der Waals surface area contributed by atoms with E-state index in [4.69, 9.17) is 0 Å². The van der Waals surface area contributed by atoms with E-state index < -0.39 is 0 Å². The summed E-state index contributed by atoms with van der Waals surface area (Å²) in [6.45, 7) is 5.34. The molecule has 1 atom stereocenters. The van der Waals surface area contributed by atoms with Crippen molar-refractivity contribution in [2.75, 3.05) is 6.54 Å². The SMILES string of the molecule is CC(C)C1CCCN1C(=O)Cc1c[nH]c2ccccc12. The van der Waals surface area contributed by atoms with E-state index in [9.17, 15) is 4.79 Å². The molecule has 1 aromatic heterocycles. The summed E-state index contributed by atoms with van der Waals surface area (Å²) >= 11 is 0. The molecule has 3 nitrogen and oxygen atoms in total. The number of hydrogen-bond donors (Lipinski definition) is 1. The predicted molar refractivity (Wildman–Crippen MR) is 81.6 cm³/mol. The van der Waals surface area contributed by atoms with Gasteiger partial charge in [0, 0.05) is 29.7 Å². The van der Waals surface area contributed by atoms with Crippen molar-refractivity contribution in [1.82, 2.24) is 9.88 Å². The third kappa shape index (κ3) is 2.33. The molecule has 1 fully saturated rings. The van der Waals surface area contributed by atoms with Crippen LogP contribution in [0.25, 0.3) is 10.9 Å². The largest absolute Gasteiger partial charge is 0.361 e. The second-order valence-corrected chi connectivity index (χ2v) is 6.08. The Labute approximate surface area is 120 Å². The summed E-state index contributed by atoms with van der Waals surface area (Å²) < 4.78 is 0. The Morgan fingerprint density at radius 1 is 1.40 bits per heavy atom. The van der Waals surface area contributed by atoms with Gasteiger partial charge in [-0.05, 0) is 30.4 Å². The maximum Gasteiger partial charge on any atom is 0.227 e. The number of likely N-dealkylation sites (tertiary alicyclic amines) is 1. The van der Waals surface area contributed by atoms with Crippen molar-refractivity contribution in [2.24, 2.45) is 5.92 Å². The Bertz CT molecular complexity index is 614. The summed E-state index contributed by atoms with van der Waals surface area (Å²) in [5.74, 6) is 0.815. The molecule has 20 heavy (non-hydrogen) atoms. The third-order valence-electron chi connectivity index (χ3n) is 4.41. The first-order valence-electron chi connectivity index (χ1n) is 7.51. The van der Waals surface area contributed by atoms with Gasteiger partial charge in [-0.1, -0.05) is 32.0 Å². The Morgan fingerprint density at radius 2 is 2.20 bits per heavy atom. The van der Waals surface area contributed by atoms with E-state index in [0.717, 1.165) is 30.5 Å². The van der Waals surface area contributed by atoms with Gasteiger partial charge in [0.1, 0.15) is 0 Å². The molecule has 0 aliphatic carbocycles. The monoisotopic (exact) mass is 270 g/mol. The molecule has 3 heteroatoms. The molecule has 1 aliphatic rings. The second-order valence-electron chi connectivity index (χ2n) is 6.08. The number of hydrogen-bond acceptors (Lipinski definition) is 1. The lowest BCUT2D eigenvalue weighted by atomic mass is 10.0. The summed E-state index contributed by atoms with van der Waals surface area (Å²) in [5, 5.41) is 1.17. The molecule has 1 N–H and O–H groups in total. The van der Waals surface area contributed by atoms with Crippen LogP contribution < -0.4 is 0 Å². The number of para-hydroxylation sites is 1. The topological polar surface area (TPSA) is 36.1 Å². The number of fused-ring (bicyclic) bond motifs is 1. The van der Waals surface area contributed by atoms with Gasteiger partial charge >= 0.3 is 0 Å². The molecule has 1 aromatic carbocycles. The second kappa shape index (κ2) is 5.31. The summed E-state index contributed by atoms with van der Waals surface area (Å²) in [6.07, 6.45) is 4.77. The van der Waals surface area contributed by atoms with E-state index in [1.807, 2.05) is 18.3 Å². The highest BCUT2D eigenvalue weighted by Gasteiger charge is 2.30. The molecule has 1 saturated heterocycles. The number of rotatable bonds is 3. The van der Waals surface area contributed by atoms with Crippen molar-refractivity contribution in [2.45, 2.75) is 39.2 Å². The number of nitrogens with one attached hydrogen (secondary N) is 1. The summed E-state index contributed by atoms with van der Waals surface area (Å²) in [6, 6.07) is 8.60. The van der Waals surface area contributed by atoms with Crippen LogP contribution in [0.15, 0.2) is 30.5 Å². The van der Waals surface area contributed by atoms with Crippen LogP contribution in [0.5, 0.6) is 0 Å². The van der Waals surface area contributed by atoms with Gasteiger partial charge in [-0.2, -0.15) is 0 Å². The Balaban J connectivity index is 1.79. The maximum atomic E-state index is 12.6. The van der Waals surface area contributed by atoms with Crippen molar-refractivity contribution >= 4 is 16.8 Å². The number of benzene rings is 1. The molecule has 0 saturated carbocycles. The molecule has 2 heterocycles. The van der Waals surface area contributed by atoms with Crippen LogP contribution in [-0.4, -0.2) is 28.4 Å². The number of H-pyrrole nitrogens is 1. The number of amides is 1. The maximum absolute atomic E-state index is 12.6. The molecule has 1 unspecified atom stereocenters. The first-order chi connectivity index (χ1) is 9.66. The summed E-state index contributed by atoms with van der Waals surface area (Å²) in [5.41, 5.74) is 2.22. The van der Waals surface area contributed by atoms with Gasteiger partial charge in [-0.25, -0.2) is 0 Å². The third-order valence-corrected chi connectivity index (χ3v) is 4.41. The van der Waals surface area contributed by atoms with E-state index in [1.54, 1.807) is 0 Å². The Hall–Kier alpha value is -1.77. The molecular weight excluding hydrogens is 248 g/mol. The van der Waals surface area contributed by atoms with Gasteiger partial charge in [-0.3, -0.25) is 4.79 Å². The highest BCUT2D eigenvalue weighted by molar-refractivity contribution is 5.89. The molecular formula is C17H22N2O. The van der Waals surface area contributed by atoms with Crippen LogP contribution in [-0.2, 0) is 11.2 Å². The minimum atomic E-state index is 0.269. The van der Waals surface area contributed by atoms with E-state index in [-0.39, 0.29) is 5.91 Å². The number of aromatic amines is 1. The fraction of sp³-hybridized carbons (Fsp3) is 0.471. The number of carbonyl (C=O) groups excluding carboxylic acids is 1. The molecule has 2 aromatic rings. The normalized spacial score (nSPS) is 19.1. The number of aromatic nitrogens is 1. The first-order valence-corrected chi connectivity index (χ1v) is 7.51. The lowest BCUT2D eigenvalue weighted by Crippen LogP contribution is -2.39. The zero-order valence-corrected chi connectivity index (χ0v) is 12.2. The van der Waals surface area contributed by atoms with Crippen molar-refractivity contribution in [3.63, 3.8) is 0 Å². The highest BCUT2D eigenvalue weighted by atomic mass is 16.2. The van der Waals surface area contributed by atoms with Gasteiger partial charge in [0.2, 0.25) is 5.91 Å². The quantitative estimate of drug-likeness (QED) is 0.912. The molecule has 106 valence electrons. The fourth-order valence-electron chi connectivity index (χ4n) is 3.34. The van der Waals surface area contributed by atoms with Crippen molar-refractivity contribution < 1.29 is 4.79 Å². The van der Waals surface area contributed by atoms with Crippen LogP contribution in [0, 0.1) is 5.92 Å². The van der Waals surface area contributed by atoms with E-state index in [2.05, 4.69) is 35.9 Å². The first kappa shape index (κ1) is 13.2. The van der Waals surface area contributed by atoms with Gasteiger partial charge in [-0.15, -0.1) is 0 Å². The van der Waals surface area contributed by atoms with Gasteiger partial charge < -0.3 is 9.88 Å². The molecule has 0 bridgehead atoms. The zero-order valence-electron chi connectivity index (χ0n) is 12.2. The highest BCUT2D eigenvalue weighted by Crippen LogP contribution is 2.25. The fourth-order valence-corrected chi connectivity index (χ4v) is 3.34. The molecule has 0 radical (unpaired) electrons. The van der Waals surface area contributed by atoms with Crippen molar-refractivity contribution in [3.8, 4) is 0 Å². The van der Waals surface area contributed by atoms with Crippen LogP contribution in [0.4, 0.5) is 0 Å². The molecule has 3 rings (SSSR count). The van der Waals surface area contributed by atoms with E-state index >= 15 is 0 Å². The van der Waals surface area contributed by atoms with Crippen LogP contribution in [0.3, 0.4) is 0 Å². The number of nitrogens with zero attached hydrogens (tertiary/aromatic N) is 1. The lowest BCUT2D eigenvalue weighted by molar-refractivity contribution is -0.132. The average molecular weight is 270 g/mol. The number of carbonyl (C=O) groups is 1. The minimum Gasteiger partial charge on any atom is -0.361 e. The lowest BCUT2D eigenvalue weighted by Gasteiger charge is -2.27. The minimum absolute atomic E-state index is 0.269. The van der Waals surface area contributed by atoms with Crippen LogP contribution in [0.2, 0.25) is 0 Å². The summed E-state index contributed by atoms with van der Waals surface area (Å²) in [7, 11) is 0. The van der Waals surface area contributed by atoms with E-state index in [0.29, 0.717) is 18.4 Å². The Kier molecular flexibility index (Phi) is 3.51. The standard InChI is InChI=1S/C17H22N2O/c1-12(2)16-8-5-9-19(16)17(20)10-13-11-18-15-7-4-3-6-14(13)15/h3-4,6-7,11-12,16,18H,5,8-10H2,1-2H3. The molecule has 0 spiro atoms. The van der Waals surface area contributed by atoms with Gasteiger partial charge in [0.15, 0.2) is 0 Å². The summed E-state index contributed by atoms with van der Waals surface area (Å²) in [4.78, 5) is 17.9. The average Bonchev–Trinajstić information content (AvgIpc) is 3.06. The zero-order chi connectivity index (χ0) is 14.1. The van der Waals surface area contributed by atoms with Crippen LogP contribution >= 0.6 is 0 Å². The Morgan fingerprint density at radius 3 is 3.00 bits per heavy atom. The smallest absolute Gasteiger partial charge is 0.227 e. The van der Waals surface area contributed by atoms with Gasteiger partial charge in [0.25, 0.3) is 0 Å². The van der Waals surface area contributed by atoms with Gasteiger partial charge in [0.05, 0.1) is 6.42 Å². The molecule has 1 aliphatic heterocycles. The molecule has 1 amide bonds.